The Labute approximate surface area is 137 Å². The van der Waals surface area contributed by atoms with Crippen LogP contribution in [0.4, 0.5) is 0 Å². The summed E-state index contributed by atoms with van der Waals surface area (Å²) in [7, 11) is 1.60. The van der Waals surface area contributed by atoms with E-state index >= 15 is 0 Å². The Balaban J connectivity index is 1.92. The molecule has 1 aromatic heterocycles. The molecule has 112 valence electrons. The Morgan fingerprint density at radius 3 is 2.57 bits per heavy atom. The van der Waals surface area contributed by atoms with Crippen LogP contribution in [-0.2, 0) is 0 Å². The van der Waals surface area contributed by atoms with Crippen LogP contribution < -0.4 is 4.74 Å². The quantitative estimate of drug-likeness (QED) is 0.463. The first kappa shape index (κ1) is 14.0. The van der Waals surface area contributed by atoms with Crippen LogP contribution in [0.3, 0.4) is 0 Å². The molecule has 0 aliphatic carbocycles. The maximum absolute atomic E-state index is 11.4. The van der Waals surface area contributed by atoms with E-state index in [1.165, 1.54) is 20.2 Å². The van der Waals surface area contributed by atoms with Gasteiger partial charge in [-0.15, -0.1) is 11.3 Å². The Morgan fingerprint density at radius 1 is 0.913 bits per heavy atom. The van der Waals surface area contributed by atoms with Crippen molar-refractivity contribution in [2.45, 2.75) is 0 Å². The van der Waals surface area contributed by atoms with Crippen molar-refractivity contribution in [3.05, 3.63) is 66.2 Å². The lowest BCUT2D eigenvalue weighted by molar-refractivity contribution is 0.112. The standard InChI is InChI=1S/C20H14O2S/c1-22-15-7-9-16(14(10-15)12-21)13-6-8-18-17-4-2-3-5-19(17)23-20(18)11-13/h2-12H,1H3. The number of thiophene rings is 1. The monoisotopic (exact) mass is 318 g/mol. The largest absolute Gasteiger partial charge is 0.497 e. The number of rotatable bonds is 3. The molecule has 0 fully saturated rings. The third-order valence-electron chi connectivity index (χ3n) is 4.08. The van der Waals surface area contributed by atoms with E-state index in [-0.39, 0.29) is 0 Å². The molecular formula is C20H14O2S. The normalized spacial score (nSPS) is 11.0. The molecule has 1 heterocycles. The number of hydrogen-bond donors (Lipinski definition) is 0. The Kier molecular flexibility index (Phi) is 3.36. The molecule has 4 rings (SSSR count). The van der Waals surface area contributed by atoms with Crippen molar-refractivity contribution in [1.82, 2.24) is 0 Å². The van der Waals surface area contributed by atoms with Crippen LogP contribution >= 0.6 is 11.3 Å². The Hall–Kier alpha value is -2.65. The molecule has 0 unspecified atom stereocenters. The molecule has 0 bridgehead atoms. The van der Waals surface area contributed by atoms with Gasteiger partial charge in [0, 0.05) is 25.7 Å². The molecule has 23 heavy (non-hydrogen) atoms. The number of methoxy groups -OCH3 is 1. The summed E-state index contributed by atoms with van der Waals surface area (Å²) in [6, 6.07) is 20.4. The number of carbonyl (C=O) groups is 1. The van der Waals surface area contributed by atoms with Gasteiger partial charge in [-0.1, -0.05) is 30.3 Å². The van der Waals surface area contributed by atoms with Crippen LogP contribution in [-0.4, -0.2) is 13.4 Å². The predicted octanol–water partition coefficient (Wildman–Crippen LogP) is 5.54. The third-order valence-corrected chi connectivity index (χ3v) is 5.21. The number of benzene rings is 3. The number of ether oxygens (including phenoxy) is 1. The fourth-order valence-electron chi connectivity index (χ4n) is 2.92. The van der Waals surface area contributed by atoms with Gasteiger partial charge in [-0.3, -0.25) is 4.79 Å². The molecule has 3 heteroatoms. The van der Waals surface area contributed by atoms with Gasteiger partial charge in [-0.25, -0.2) is 0 Å². The van der Waals surface area contributed by atoms with Gasteiger partial charge < -0.3 is 4.74 Å². The molecule has 0 saturated heterocycles. The topological polar surface area (TPSA) is 26.3 Å². The van der Waals surface area contributed by atoms with E-state index in [4.69, 9.17) is 4.74 Å². The molecule has 2 nitrogen and oxygen atoms in total. The van der Waals surface area contributed by atoms with Gasteiger partial charge in [-0.2, -0.15) is 0 Å². The molecule has 0 spiro atoms. The summed E-state index contributed by atoms with van der Waals surface area (Å²) < 4.78 is 7.72. The minimum Gasteiger partial charge on any atom is -0.497 e. The van der Waals surface area contributed by atoms with Gasteiger partial charge in [-0.05, 0) is 41.5 Å². The number of carbonyl (C=O) groups excluding carboxylic acids is 1. The van der Waals surface area contributed by atoms with Gasteiger partial charge in [0.15, 0.2) is 6.29 Å². The molecule has 0 radical (unpaired) electrons. The van der Waals surface area contributed by atoms with E-state index in [1.54, 1.807) is 24.5 Å². The van der Waals surface area contributed by atoms with Crippen molar-refractivity contribution in [3.63, 3.8) is 0 Å². The van der Waals surface area contributed by atoms with Crippen molar-refractivity contribution in [2.75, 3.05) is 7.11 Å². The van der Waals surface area contributed by atoms with E-state index in [0.29, 0.717) is 11.3 Å². The van der Waals surface area contributed by atoms with Crippen LogP contribution in [0.25, 0.3) is 31.3 Å². The second-order valence-corrected chi connectivity index (χ2v) is 6.46. The summed E-state index contributed by atoms with van der Waals surface area (Å²) in [5.74, 6) is 0.693. The summed E-state index contributed by atoms with van der Waals surface area (Å²) in [6.45, 7) is 0. The second-order valence-electron chi connectivity index (χ2n) is 5.38. The molecule has 0 atom stereocenters. The van der Waals surface area contributed by atoms with Crippen molar-refractivity contribution < 1.29 is 9.53 Å². The third kappa shape index (κ3) is 2.30. The predicted molar refractivity (Wildman–Crippen MR) is 96.7 cm³/mol. The highest BCUT2D eigenvalue weighted by Gasteiger charge is 2.09. The first-order valence-electron chi connectivity index (χ1n) is 7.35. The first-order valence-corrected chi connectivity index (χ1v) is 8.16. The van der Waals surface area contributed by atoms with E-state index in [1.807, 2.05) is 12.1 Å². The van der Waals surface area contributed by atoms with Gasteiger partial charge in [0.1, 0.15) is 5.75 Å². The highest BCUT2D eigenvalue weighted by Crippen LogP contribution is 2.37. The van der Waals surface area contributed by atoms with Crippen molar-refractivity contribution >= 4 is 37.8 Å². The fraction of sp³-hybridized carbons (Fsp3) is 0.0500. The maximum Gasteiger partial charge on any atom is 0.150 e. The lowest BCUT2D eigenvalue weighted by Crippen LogP contribution is -1.90. The first-order chi connectivity index (χ1) is 11.3. The van der Waals surface area contributed by atoms with Crippen molar-refractivity contribution in [2.24, 2.45) is 0 Å². The van der Waals surface area contributed by atoms with E-state index in [2.05, 4.69) is 42.5 Å². The SMILES string of the molecule is COc1ccc(-c2ccc3c(c2)sc2ccccc23)c(C=O)c1. The van der Waals surface area contributed by atoms with Crippen molar-refractivity contribution in [3.8, 4) is 16.9 Å². The Bertz CT molecular complexity index is 1030. The molecule has 0 saturated carbocycles. The molecule has 3 aromatic carbocycles. The number of hydrogen-bond acceptors (Lipinski definition) is 3. The van der Waals surface area contributed by atoms with Crippen LogP contribution in [0, 0.1) is 0 Å². The van der Waals surface area contributed by atoms with Gasteiger partial charge in [0.2, 0.25) is 0 Å². The molecule has 0 amide bonds. The molecule has 0 aliphatic rings. The zero-order chi connectivity index (χ0) is 15.8. The summed E-state index contributed by atoms with van der Waals surface area (Å²) in [5, 5.41) is 2.54. The van der Waals surface area contributed by atoms with Crippen molar-refractivity contribution in [1.29, 1.82) is 0 Å². The highest BCUT2D eigenvalue weighted by atomic mass is 32.1. The number of aldehydes is 1. The van der Waals surface area contributed by atoms with E-state index < -0.39 is 0 Å². The summed E-state index contributed by atoms with van der Waals surface area (Å²) >= 11 is 1.78. The average Bonchev–Trinajstić information content (AvgIpc) is 2.98. The molecule has 4 aromatic rings. The molecule has 0 N–H and O–H groups in total. The van der Waals surface area contributed by atoms with Crippen LogP contribution in [0.2, 0.25) is 0 Å². The summed E-state index contributed by atoms with van der Waals surface area (Å²) in [5.41, 5.74) is 2.62. The second kappa shape index (κ2) is 5.52. The van der Waals surface area contributed by atoms with Crippen LogP contribution in [0.5, 0.6) is 5.75 Å². The Morgan fingerprint density at radius 2 is 1.74 bits per heavy atom. The zero-order valence-electron chi connectivity index (χ0n) is 12.6. The zero-order valence-corrected chi connectivity index (χ0v) is 13.4. The minimum atomic E-state index is 0.643. The lowest BCUT2D eigenvalue weighted by atomic mass is 9.99. The van der Waals surface area contributed by atoms with Gasteiger partial charge in [0.25, 0.3) is 0 Å². The van der Waals surface area contributed by atoms with Crippen LogP contribution in [0.1, 0.15) is 10.4 Å². The fourth-order valence-corrected chi connectivity index (χ4v) is 4.07. The van der Waals surface area contributed by atoms with Gasteiger partial charge >= 0.3 is 0 Å². The number of fused-ring (bicyclic) bond motifs is 3. The maximum atomic E-state index is 11.4. The summed E-state index contributed by atoms with van der Waals surface area (Å²) in [4.78, 5) is 11.4. The molecular weight excluding hydrogens is 304 g/mol. The lowest BCUT2D eigenvalue weighted by Gasteiger charge is -2.08. The molecule has 0 aliphatic heterocycles. The smallest absolute Gasteiger partial charge is 0.150 e. The minimum absolute atomic E-state index is 0.643. The van der Waals surface area contributed by atoms with Crippen LogP contribution in [0.15, 0.2) is 60.7 Å². The van der Waals surface area contributed by atoms with E-state index in [9.17, 15) is 4.79 Å². The van der Waals surface area contributed by atoms with E-state index in [0.717, 1.165) is 17.4 Å². The average molecular weight is 318 g/mol. The summed E-state index contributed by atoms with van der Waals surface area (Å²) in [6.07, 6.45) is 0.882. The highest BCUT2D eigenvalue weighted by molar-refractivity contribution is 7.25. The van der Waals surface area contributed by atoms with Gasteiger partial charge in [0.05, 0.1) is 7.11 Å².